The predicted octanol–water partition coefficient (Wildman–Crippen LogP) is 3.17. The molecule has 0 aromatic heterocycles. The van der Waals surface area contributed by atoms with Crippen molar-refractivity contribution in [3.63, 3.8) is 0 Å². The Bertz CT molecular complexity index is 685. The van der Waals surface area contributed by atoms with E-state index in [9.17, 15) is 9.59 Å². The summed E-state index contributed by atoms with van der Waals surface area (Å²) in [5.74, 6) is 0.419. The van der Waals surface area contributed by atoms with Gasteiger partial charge < -0.3 is 19.7 Å². The third-order valence-corrected chi connectivity index (χ3v) is 4.69. The van der Waals surface area contributed by atoms with Gasteiger partial charge in [0, 0.05) is 37.7 Å². The number of carbonyl (C=O) groups is 2. The van der Waals surface area contributed by atoms with Crippen molar-refractivity contribution in [3.05, 3.63) is 29.3 Å². The minimum atomic E-state index is -0.592. The lowest BCUT2D eigenvalue weighted by atomic mass is 10.2. The van der Waals surface area contributed by atoms with Crippen molar-refractivity contribution < 1.29 is 19.1 Å². The van der Waals surface area contributed by atoms with Gasteiger partial charge in [0.25, 0.3) is 5.91 Å². The number of piperazine rings is 1. The van der Waals surface area contributed by atoms with Crippen LogP contribution in [-0.4, -0.2) is 72.8 Å². The molecular formula is C21H32ClN3O4. The topological polar surface area (TPSA) is 71.1 Å². The molecule has 7 nitrogen and oxygen atoms in total. The number of carbonyl (C=O) groups excluding carboxylic acids is 2. The summed E-state index contributed by atoms with van der Waals surface area (Å²) in [6.45, 7) is 11.7. The molecule has 1 aliphatic heterocycles. The molecule has 2 rings (SSSR count). The van der Waals surface area contributed by atoms with Gasteiger partial charge in [0.05, 0.1) is 0 Å². The third-order valence-electron chi connectivity index (χ3n) is 4.45. The standard InChI is InChI=1S/C21H32ClN3O4/c1-16(28-18-8-5-7-17(22)15-18)19(26)23-9-6-10-24-11-13-25(14-12-24)20(27)29-21(2,3)4/h5,7-8,15-16H,6,9-14H2,1-4H3,(H,23,26). The van der Waals surface area contributed by atoms with E-state index in [0.717, 1.165) is 26.1 Å². The quantitative estimate of drug-likeness (QED) is 0.679. The summed E-state index contributed by atoms with van der Waals surface area (Å²) in [7, 11) is 0. The van der Waals surface area contributed by atoms with Gasteiger partial charge in [0.1, 0.15) is 11.4 Å². The van der Waals surface area contributed by atoms with Gasteiger partial charge in [0.2, 0.25) is 0 Å². The van der Waals surface area contributed by atoms with Crippen molar-refractivity contribution in [1.82, 2.24) is 15.1 Å². The molecule has 0 radical (unpaired) electrons. The van der Waals surface area contributed by atoms with Crippen LogP contribution in [0.25, 0.3) is 0 Å². The van der Waals surface area contributed by atoms with Gasteiger partial charge in [0.15, 0.2) is 6.10 Å². The summed E-state index contributed by atoms with van der Waals surface area (Å²) >= 11 is 5.92. The number of ether oxygens (including phenoxy) is 2. The number of benzene rings is 1. The van der Waals surface area contributed by atoms with Crippen molar-refractivity contribution in [2.24, 2.45) is 0 Å². The lowest BCUT2D eigenvalue weighted by Crippen LogP contribution is -2.50. The first-order chi connectivity index (χ1) is 13.6. The van der Waals surface area contributed by atoms with Gasteiger partial charge in [-0.15, -0.1) is 0 Å². The van der Waals surface area contributed by atoms with Gasteiger partial charge in [-0.25, -0.2) is 4.79 Å². The molecular weight excluding hydrogens is 394 g/mol. The number of amides is 2. The van der Waals surface area contributed by atoms with Crippen LogP contribution in [0.15, 0.2) is 24.3 Å². The van der Waals surface area contributed by atoms with Gasteiger partial charge >= 0.3 is 6.09 Å². The van der Waals surface area contributed by atoms with E-state index in [2.05, 4.69) is 10.2 Å². The lowest BCUT2D eigenvalue weighted by molar-refractivity contribution is -0.127. The number of hydrogen-bond donors (Lipinski definition) is 1. The normalized spacial score (nSPS) is 16.2. The van der Waals surface area contributed by atoms with E-state index >= 15 is 0 Å². The van der Waals surface area contributed by atoms with Crippen LogP contribution >= 0.6 is 11.6 Å². The molecule has 0 bridgehead atoms. The van der Waals surface area contributed by atoms with E-state index in [0.29, 0.717) is 30.4 Å². The van der Waals surface area contributed by atoms with Crippen molar-refractivity contribution in [2.45, 2.75) is 45.8 Å². The minimum absolute atomic E-state index is 0.153. The van der Waals surface area contributed by atoms with Crippen LogP contribution in [0.1, 0.15) is 34.1 Å². The molecule has 0 spiro atoms. The fraction of sp³-hybridized carbons (Fsp3) is 0.619. The zero-order chi connectivity index (χ0) is 21.4. The van der Waals surface area contributed by atoms with Gasteiger partial charge in [-0.3, -0.25) is 9.69 Å². The SMILES string of the molecule is CC(Oc1cccc(Cl)c1)C(=O)NCCCN1CCN(C(=O)OC(C)(C)C)CC1. The predicted molar refractivity (Wildman–Crippen MR) is 113 cm³/mol. The highest BCUT2D eigenvalue weighted by Gasteiger charge is 2.25. The summed E-state index contributed by atoms with van der Waals surface area (Å²) in [6.07, 6.45) is -0.00819. The van der Waals surface area contributed by atoms with Gasteiger partial charge in [-0.05, 0) is 58.9 Å². The second kappa shape index (κ2) is 10.7. The third kappa shape index (κ3) is 8.50. The van der Waals surface area contributed by atoms with Crippen LogP contribution < -0.4 is 10.1 Å². The molecule has 162 valence electrons. The maximum atomic E-state index is 12.2. The Balaban J connectivity index is 1.61. The van der Waals surface area contributed by atoms with Crippen LogP contribution in [0.3, 0.4) is 0 Å². The Morgan fingerprint density at radius 2 is 1.90 bits per heavy atom. The van der Waals surface area contributed by atoms with E-state index in [4.69, 9.17) is 21.1 Å². The van der Waals surface area contributed by atoms with Crippen molar-refractivity contribution in [3.8, 4) is 5.75 Å². The molecule has 1 unspecified atom stereocenters. The average molecular weight is 426 g/mol. The Morgan fingerprint density at radius 1 is 1.21 bits per heavy atom. The monoisotopic (exact) mass is 425 g/mol. The first-order valence-electron chi connectivity index (χ1n) is 10.0. The Kier molecular flexibility index (Phi) is 8.59. The fourth-order valence-corrected chi connectivity index (χ4v) is 3.12. The van der Waals surface area contributed by atoms with Crippen LogP contribution in [0.2, 0.25) is 5.02 Å². The van der Waals surface area contributed by atoms with Crippen molar-refractivity contribution in [1.29, 1.82) is 0 Å². The molecule has 1 atom stereocenters. The maximum absolute atomic E-state index is 12.2. The summed E-state index contributed by atoms with van der Waals surface area (Å²) in [5, 5.41) is 3.47. The largest absolute Gasteiger partial charge is 0.481 e. The molecule has 0 saturated carbocycles. The van der Waals surface area contributed by atoms with Crippen LogP contribution in [0, 0.1) is 0 Å². The Hall–Kier alpha value is -1.99. The van der Waals surface area contributed by atoms with Crippen molar-refractivity contribution in [2.75, 3.05) is 39.3 Å². The zero-order valence-corrected chi connectivity index (χ0v) is 18.5. The molecule has 1 aromatic carbocycles. The van der Waals surface area contributed by atoms with Crippen LogP contribution in [0.4, 0.5) is 4.79 Å². The van der Waals surface area contributed by atoms with E-state index in [-0.39, 0.29) is 12.0 Å². The molecule has 1 fully saturated rings. The maximum Gasteiger partial charge on any atom is 0.410 e. The molecule has 8 heteroatoms. The summed E-state index contributed by atoms with van der Waals surface area (Å²) in [6, 6.07) is 6.99. The number of hydrogen-bond acceptors (Lipinski definition) is 5. The number of nitrogens with zero attached hydrogens (tertiary/aromatic N) is 2. The molecule has 1 N–H and O–H groups in total. The van der Waals surface area contributed by atoms with E-state index in [1.54, 1.807) is 36.1 Å². The molecule has 2 amide bonds. The lowest BCUT2D eigenvalue weighted by Gasteiger charge is -2.35. The molecule has 1 aromatic rings. The Labute approximate surface area is 178 Å². The summed E-state index contributed by atoms with van der Waals surface area (Å²) in [5.41, 5.74) is -0.472. The van der Waals surface area contributed by atoms with E-state index < -0.39 is 11.7 Å². The zero-order valence-electron chi connectivity index (χ0n) is 17.7. The summed E-state index contributed by atoms with van der Waals surface area (Å²) < 4.78 is 11.0. The average Bonchev–Trinajstić information content (AvgIpc) is 2.64. The first-order valence-corrected chi connectivity index (χ1v) is 10.4. The molecule has 0 aliphatic carbocycles. The smallest absolute Gasteiger partial charge is 0.410 e. The van der Waals surface area contributed by atoms with E-state index in [1.165, 1.54) is 0 Å². The number of nitrogens with one attached hydrogen (secondary N) is 1. The highest BCUT2D eigenvalue weighted by atomic mass is 35.5. The molecule has 29 heavy (non-hydrogen) atoms. The van der Waals surface area contributed by atoms with E-state index in [1.807, 2.05) is 20.8 Å². The van der Waals surface area contributed by atoms with Crippen molar-refractivity contribution >= 4 is 23.6 Å². The van der Waals surface area contributed by atoms with Gasteiger partial charge in [-0.1, -0.05) is 17.7 Å². The highest BCUT2D eigenvalue weighted by molar-refractivity contribution is 6.30. The summed E-state index contributed by atoms with van der Waals surface area (Å²) in [4.78, 5) is 28.3. The second-order valence-corrected chi connectivity index (χ2v) is 8.61. The molecule has 1 saturated heterocycles. The molecule has 1 heterocycles. The number of halogens is 1. The number of rotatable bonds is 7. The Morgan fingerprint density at radius 3 is 2.52 bits per heavy atom. The fourth-order valence-electron chi connectivity index (χ4n) is 2.94. The highest BCUT2D eigenvalue weighted by Crippen LogP contribution is 2.18. The van der Waals surface area contributed by atoms with Crippen LogP contribution in [0.5, 0.6) is 5.75 Å². The first kappa shape index (κ1) is 23.3. The minimum Gasteiger partial charge on any atom is -0.481 e. The van der Waals surface area contributed by atoms with Crippen LogP contribution in [-0.2, 0) is 9.53 Å². The van der Waals surface area contributed by atoms with Gasteiger partial charge in [-0.2, -0.15) is 0 Å². The second-order valence-electron chi connectivity index (χ2n) is 8.17. The molecule has 1 aliphatic rings.